The van der Waals surface area contributed by atoms with Crippen molar-refractivity contribution in [2.45, 2.75) is 17.4 Å². The minimum atomic E-state index is -3.19. The van der Waals surface area contributed by atoms with Crippen LogP contribution in [0.1, 0.15) is 5.56 Å². The van der Waals surface area contributed by atoms with Crippen molar-refractivity contribution < 1.29 is 13.2 Å². The Kier molecular flexibility index (Phi) is 3.66. The second kappa shape index (κ2) is 4.63. The van der Waals surface area contributed by atoms with E-state index in [9.17, 15) is 13.2 Å². The van der Waals surface area contributed by atoms with Gasteiger partial charge in [0.15, 0.2) is 9.84 Å². The summed E-state index contributed by atoms with van der Waals surface area (Å²) in [7, 11) is -3.19. The zero-order valence-electron chi connectivity index (χ0n) is 8.88. The number of primary amides is 1. The first-order valence-electron chi connectivity index (χ1n) is 4.64. The Morgan fingerprint density at radius 3 is 2.19 bits per heavy atom. The number of carbonyl (C=O) groups is 1. The molecular weight excluding hydrogens is 228 g/mol. The summed E-state index contributed by atoms with van der Waals surface area (Å²) in [4.78, 5) is 11.0. The van der Waals surface area contributed by atoms with E-state index in [0.717, 1.165) is 11.8 Å². The summed E-state index contributed by atoms with van der Waals surface area (Å²) < 4.78 is 22.4. The lowest BCUT2D eigenvalue weighted by molar-refractivity contribution is -0.119. The second-order valence-corrected chi connectivity index (χ2v) is 5.64. The van der Waals surface area contributed by atoms with Crippen molar-refractivity contribution in [3.8, 4) is 0 Å². The van der Waals surface area contributed by atoms with Crippen molar-refractivity contribution in [1.82, 2.24) is 0 Å². The van der Waals surface area contributed by atoms with E-state index in [1.807, 2.05) is 0 Å². The van der Waals surface area contributed by atoms with Gasteiger partial charge in [-0.15, -0.1) is 0 Å². The van der Waals surface area contributed by atoms with E-state index in [1.165, 1.54) is 12.1 Å². The van der Waals surface area contributed by atoms with Crippen LogP contribution >= 0.6 is 0 Å². The van der Waals surface area contributed by atoms with Gasteiger partial charge in [-0.2, -0.15) is 0 Å². The summed E-state index contributed by atoms with van der Waals surface area (Å²) in [6, 6.07) is 5.47. The minimum absolute atomic E-state index is 0.240. The van der Waals surface area contributed by atoms with Crippen LogP contribution in [0.3, 0.4) is 0 Å². The minimum Gasteiger partial charge on any atom is -0.368 e. The largest absolute Gasteiger partial charge is 0.368 e. The molecule has 1 amide bonds. The van der Waals surface area contributed by atoms with Crippen LogP contribution < -0.4 is 11.5 Å². The molecule has 0 aliphatic heterocycles. The Hall–Kier alpha value is -1.40. The average Bonchev–Trinajstić information content (AvgIpc) is 2.17. The maximum absolute atomic E-state index is 11.2. The molecule has 1 aromatic carbocycles. The molecule has 0 saturated heterocycles. The molecule has 0 fully saturated rings. The van der Waals surface area contributed by atoms with Gasteiger partial charge in [-0.1, -0.05) is 12.1 Å². The maximum atomic E-state index is 11.2. The van der Waals surface area contributed by atoms with E-state index >= 15 is 0 Å². The molecule has 0 bridgehead atoms. The van der Waals surface area contributed by atoms with Gasteiger partial charge in [-0.05, 0) is 24.1 Å². The lowest BCUT2D eigenvalue weighted by atomic mass is 10.1. The van der Waals surface area contributed by atoms with Crippen molar-refractivity contribution in [1.29, 1.82) is 0 Å². The maximum Gasteiger partial charge on any atom is 0.234 e. The van der Waals surface area contributed by atoms with Crippen molar-refractivity contribution in [3.05, 3.63) is 29.8 Å². The van der Waals surface area contributed by atoms with Gasteiger partial charge in [0, 0.05) is 6.26 Å². The fourth-order valence-electron chi connectivity index (χ4n) is 1.23. The molecule has 88 valence electrons. The standard InChI is InChI=1S/C10H14N2O3S/c1-16(14,15)8-4-2-7(3-5-8)6-9(11)10(12)13/h2-5,9H,6,11H2,1H3,(H2,12,13). The van der Waals surface area contributed by atoms with Crippen molar-refractivity contribution in [2.24, 2.45) is 11.5 Å². The molecule has 0 aliphatic rings. The van der Waals surface area contributed by atoms with Gasteiger partial charge >= 0.3 is 0 Å². The average molecular weight is 242 g/mol. The van der Waals surface area contributed by atoms with Gasteiger partial charge in [0.25, 0.3) is 0 Å². The van der Waals surface area contributed by atoms with Crippen LogP contribution in [0.4, 0.5) is 0 Å². The summed E-state index contributed by atoms with van der Waals surface area (Å²) in [6.45, 7) is 0. The molecule has 0 aromatic heterocycles. The molecule has 16 heavy (non-hydrogen) atoms. The highest BCUT2D eigenvalue weighted by Gasteiger charge is 2.11. The van der Waals surface area contributed by atoms with Crippen LogP contribution in [0.2, 0.25) is 0 Å². The lowest BCUT2D eigenvalue weighted by Crippen LogP contribution is -2.38. The Balaban J connectivity index is 2.84. The zero-order chi connectivity index (χ0) is 12.3. The first-order chi connectivity index (χ1) is 7.30. The number of benzene rings is 1. The number of hydrogen-bond acceptors (Lipinski definition) is 4. The van der Waals surface area contributed by atoms with Crippen molar-refractivity contribution >= 4 is 15.7 Å². The van der Waals surface area contributed by atoms with E-state index in [-0.39, 0.29) is 4.90 Å². The zero-order valence-corrected chi connectivity index (χ0v) is 9.70. The van der Waals surface area contributed by atoms with E-state index in [4.69, 9.17) is 11.5 Å². The van der Waals surface area contributed by atoms with Crippen molar-refractivity contribution in [3.63, 3.8) is 0 Å². The second-order valence-electron chi connectivity index (χ2n) is 3.63. The molecule has 1 aromatic rings. The SMILES string of the molecule is CS(=O)(=O)c1ccc(CC(N)C(N)=O)cc1. The number of rotatable bonds is 4. The van der Waals surface area contributed by atoms with Gasteiger partial charge in [-0.3, -0.25) is 4.79 Å². The summed E-state index contributed by atoms with van der Waals surface area (Å²) in [6.07, 6.45) is 1.44. The van der Waals surface area contributed by atoms with E-state index < -0.39 is 21.8 Å². The molecule has 1 rings (SSSR count). The van der Waals surface area contributed by atoms with Crippen LogP contribution in [-0.2, 0) is 21.1 Å². The molecule has 0 saturated carbocycles. The molecule has 4 N–H and O–H groups in total. The first kappa shape index (κ1) is 12.7. The Morgan fingerprint density at radius 2 is 1.81 bits per heavy atom. The van der Waals surface area contributed by atoms with Gasteiger partial charge in [0.2, 0.25) is 5.91 Å². The quantitative estimate of drug-likeness (QED) is 0.739. The Morgan fingerprint density at radius 1 is 1.31 bits per heavy atom. The lowest BCUT2D eigenvalue weighted by Gasteiger charge is -2.07. The summed E-state index contributed by atoms with van der Waals surface area (Å²) in [5.74, 6) is -0.577. The predicted molar refractivity (Wildman–Crippen MR) is 60.4 cm³/mol. The topological polar surface area (TPSA) is 103 Å². The molecule has 0 spiro atoms. The highest BCUT2D eigenvalue weighted by molar-refractivity contribution is 7.90. The number of sulfone groups is 1. The van der Waals surface area contributed by atoms with Crippen molar-refractivity contribution in [2.75, 3.05) is 6.26 Å². The predicted octanol–water partition coefficient (Wildman–Crippen LogP) is -0.555. The number of nitrogens with two attached hydrogens (primary N) is 2. The molecule has 1 unspecified atom stereocenters. The molecule has 1 atom stereocenters. The van der Waals surface area contributed by atoms with Crippen LogP contribution in [0.15, 0.2) is 29.2 Å². The molecule has 6 heteroatoms. The normalized spacial score (nSPS) is 13.4. The fraction of sp³-hybridized carbons (Fsp3) is 0.300. The third-order valence-electron chi connectivity index (χ3n) is 2.17. The monoisotopic (exact) mass is 242 g/mol. The Labute approximate surface area is 94.4 Å². The number of hydrogen-bond donors (Lipinski definition) is 2. The van der Waals surface area contributed by atoms with Gasteiger partial charge in [-0.25, -0.2) is 8.42 Å². The van der Waals surface area contributed by atoms with Crippen LogP contribution in [-0.4, -0.2) is 26.6 Å². The third-order valence-corrected chi connectivity index (χ3v) is 3.30. The van der Waals surface area contributed by atoms with E-state index in [0.29, 0.717) is 6.42 Å². The summed E-state index contributed by atoms with van der Waals surface area (Å²) in [5.41, 5.74) is 11.3. The molecule has 5 nitrogen and oxygen atoms in total. The number of amides is 1. The van der Waals surface area contributed by atoms with Crippen LogP contribution in [0.25, 0.3) is 0 Å². The first-order valence-corrected chi connectivity index (χ1v) is 6.54. The smallest absolute Gasteiger partial charge is 0.234 e. The number of carbonyl (C=O) groups excluding carboxylic acids is 1. The van der Waals surface area contributed by atoms with Gasteiger partial charge in [0.05, 0.1) is 10.9 Å². The Bertz CT molecular complexity index is 479. The highest BCUT2D eigenvalue weighted by atomic mass is 32.2. The molecule has 0 heterocycles. The molecular formula is C10H14N2O3S. The summed E-state index contributed by atoms with van der Waals surface area (Å²) >= 11 is 0. The fourth-order valence-corrected chi connectivity index (χ4v) is 1.86. The van der Waals surface area contributed by atoms with E-state index in [1.54, 1.807) is 12.1 Å². The van der Waals surface area contributed by atoms with Gasteiger partial charge in [0.1, 0.15) is 0 Å². The molecule has 0 aliphatic carbocycles. The van der Waals surface area contributed by atoms with Crippen LogP contribution in [0, 0.1) is 0 Å². The molecule has 0 radical (unpaired) electrons. The highest BCUT2D eigenvalue weighted by Crippen LogP contribution is 2.11. The van der Waals surface area contributed by atoms with E-state index in [2.05, 4.69) is 0 Å². The third kappa shape index (κ3) is 3.32. The van der Waals surface area contributed by atoms with Crippen LogP contribution in [0.5, 0.6) is 0 Å². The summed E-state index contributed by atoms with van der Waals surface area (Å²) in [5, 5.41) is 0. The van der Waals surface area contributed by atoms with Gasteiger partial charge < -0.3 is 11.5 Å².